The van der Waals surface area contributed by atoms with Crippen molar-refractivity contribution < 1.29 is 9.59 Å². The summed E-state index contributed by atoms with van der Waals surface area (Å²) in [6.45, 7) is 0.489. The van der Waals surface area contributed by atoms with Gasteiger partial charge in [0.2, 0.25) is 5.91 Å². The number of fused-ring (bicyclic) bond motifs is 1. The summed E-state index contributed by atoms with van der Waals surface area (Å²) in [6.07, 6.45) is 5.97. The highest BCUT2D eigenvalue weighted by atomic mass is 35.5. The summed E-state index contributed by atoms with van der Waals surface area (Å²) >= 11 is 0. The van der Waals surface area contributed by atoms with Crippen molar-refractivity contribution in [2.75, 3.05) is 5.32 Å². The van der Waals surface area contributed by atoms with Crippen molar-refractivity contribution in [2.24, 2.45) is 11.7 Å². The Morgan fingerprint density at radius 1 is 1.17 bits per heavy atom. The smallest absolute Gasteiger partial charge is 0.316 e. The fraction of sp³-hybridized carbons (Fsp3) is 0.529. The van der Waals surface area contributed by atoms with Crippen LogP contribution in [0.4, 0.5) is 10.5 Å². The van der Waals surface area contributed by atoms with Gasteiger partial charge in [-0.2, -0.15) is 0 Å². The van der Waals surface area contributed by atoms with Gasteiger partial charge in [-0.05, 0) is 42.9 Å². The molecule has 0 spiro atoms. The molecular weight excluding hydrogens is 328 g/mol. The van der Waals surface area contributed by atoms with Crippen molar-refractivity contribution in [3.63, 3.8) is 0 Å². The summed E-state index contributed by atoms with van der Waals surface area (Å²) in [7, 11) is 0. The van der Waals surface area contributed by atoms with E-state index in [1.54, 1.807) is 12.1 Å². The highest BCUT2D eigenvalue weighted by molar-refractivity contribution is 5.87. The van der Waals surface area contributed by atoms with E-state index in [1.165, 1.54) is 25.7 Å². The highest BCUT2D eigenvalue weighted by Gasteiger charge is 2.37. The van der Waals surface area contributed by atoms with Crippen molar-refractivity contribution >= 4 is 30.0 Å². The Morgan fingerprint density at radius 3 is 2.54 bits per heavy atom. The van der Waals surface area contributed by atoms with Gasteiger partial charge in [-0.3, -0.25) is 4.79 Å². The minimum Gasteiger partial charge on any atom is -0.351 e. The van der Waals surface area contributed by atoms with Gasteiger partial charge in [0, 0.05) is 18.3 Å². The van der Waals surface area contributed by atoms with Crippen molar-refractivity contribution in [2.45, 2.75) is 50.7 Å². The summed E-state index contributed by atoms with van der Waals surface area (Å²) < 4.78 is 0. The first kappa shape index (κ1) is 18.5. The molecule has 7 heteroatoms. The molecule has 3 atom stereocenters. The van der Waals surface area contributed by atoms with E-state index in [0.29, 0.717) is 24.2 Å². The topological polar surface area (TPSA) is 96.2 Å². The van der Waals surface area contributed by atoms with Crippen LogP contribution >= 0.6 is 12.4 Å². The van der Waals surface area contributed by atoms with E-state index < -0.39 is 6.03 Å². The SMILES string of the molecule is Cl.NC(=O)Nc1ccc(CNC(=O)C2CC3CCCCC3N2)cc1. The number of halogens is 1. The summed E-state index contributed by atoms with van der Waals surface area (Å²) in [5.41, 5.74) is 6.70. The third kappa shape index (κ3) is 4.61. The molecule has 3 unspecified atom stereocenters. The molecule has 2 fully saturated rings. The molecular formula is C17H25ClN4O2. The number of hydrogen-bond donors (Lipinski definition) is 4. The lowest BCUT2D eigenvalue weighted by Gasteiger charge is -2.24. The van der Waals surface area contributed by atoms with E-state index in [4.69, 9.17) is 5.73 Å². The number of hydrogen-bond acceptors (Lipinski definition) is 3. The Morgan fingerprint density at radius 2 is 1.88 bits per heavy atom. The molecule has 1 heterocycles. The van der Waals surface area contributed by atoms with Crippen LogP contribution in [-0.4, -0.2) is 24.0 Å². The van der Waals surface area contributed by atoms with Gasteiger partial charge in [0.05, 0.1) is 6.04 Å². The van der Waals surface area contributed by atoms with Crippen LogP contribution in [0.2, 0.25) is 0 Å². The maximum Gasteiger partial charge on any atom is 0.316 e. The molecule has 1 saturated heterocycles. The molecule has 1 saturated carbocycles. The number of rotatable bonds is 4. The van der Waals surface area contributed by atoms with E-state index in [1.807, 2.05) is 12.1 Å². The average molecular weight is 353 g/mol. The van der Waals surface area contributed by atoms with Crippen LogP contribution < -0.4 is 21.7 Å². The van der Waals surface area contributed by atoms with Gasteiger partial charge in [-0.15, -0.1) is 12.4 Å². The number of anilines is 1. The Labute approximate surface area is 148 Å². The van der Waals surface area contributed by atoms with Crippen LogP contribution in [0.1, 0.15) is 37.7 Å². The highest BCUT2D eigenvalue weighted by Crippen LogP contribution is 2.33. The van der Waals surface area contributed by atoms with Gasteiger partial charge in [0.1, 0.15) is 0 Å². The van der Waals surface area contributed by atoms with Crippen LogP contribution in [0.3, 0.4) is 0 Å². The molecule has 1 aliphatic heterocycles. The van der Waals surface area contributed by atoms with E-state index in [-0.39, 0.29) is 24.4 Å². The zero-order valence-corrected chi connectivity index (χ0v) is 14.4. The molecule has 5 N–H and O–H groups in total. The number of carbonyl (C=O) groups excluding carboxylic acids is 2. The second-order valence-corrected chi connectivity index (χ2v) is 6.51. The van der Waals surface area contributed by atoms with E-state index >= 15 is 0 Å². The summed E-state index contributed by atoms with van der Waals surface area (Å²) in [4.78, 5) is 23.1. The normalized spacial score (nSPS) is 25.2. The maximum atomic E-state index is 12.3. The van der Waals surface area contributed by atoms with E-state index in [0.717, 1.165) is 12.0 Å². The molecule has 3 rings (SSSR count). The lowest BCUT2D eigenvalue weighted by Crippen LogP contribution is -2.42. The van der Waals surface area contributed by atoms with Gasteiger partial charge in [0.25, 0.3) is 0 Å². The molecule has 1 aliphatic carbocycles. The summed E-state index contributed by atoms with van der Waals surface area (Å²) in [5, 5.41) is 9.00. The molecule has 3 amide bonds. The summed E-state index contributed by atoms with van der Waals surface area (Å²) in [5.74, 6) is 0.748. The molecule has 24 heavy (non-hydrogen) atoms. The Hall–Kier alpha value is -1.79. The summed E-state index contributed by atoms with van der Waals surface area (Å²) in [6, 6.07) is 7.17. The Balaban J connectivity index is 0.00000208. The van der Waals surface area contributed by atoms with Gasteiger partial charge in [0.15, 0.2) is 0 Å². The number of carbonyl (C=O) groups is 2. The monoisotopic (exact) mass is 352 g/mol. The van der Waals surface area contributed by atoms with Gasteiger partial charge in [-0.25, -0.2) is 4.79 Å². The number of nitrogens with two attached hydrogens (primary N) is 1. The lowest BCUT2D eigenvalue weighted by molar-refractivity contribution is -0.123. The van der Waals surface area contributed by atoms with Crippen LogP contribution in [0, 0.1) is 5.92 Å². The number of amides is 3. The predicted molar refractivity (Wildman–Crippen MR) is 96.0 cm³/mol. The van der Waals surface area contributed by atoms with Crippen molar-refractivity contribution in [3.8, 4) is 0 Å². The van der Waals surface area contributed by atoms with Crippen LogP contribution in [-0.2, 0) is 11.3 Å². The standard InChI is InChI=1S/C17H24N4O2.ClH/c18-17(23)20-13-7-5-11(6-8-13)10-19-16(22)15-9-12-3-1-2-4-14(12)21-15;/h5-8,12,14-15,21H,1-4,9-10H2,(H,19,22)(H3,18,20,23);1H. The van der Waals surface area contributed by atoms with Gasteiger partial charge < -0.3 is 21.7 Å². The number of nitrogens with one attached hydrogen (secondary N) is 3. The van der Waals surface area contributed by atoms with Crippen molar-refractivity contribution in [1.82, 2.24) is 10.6 Å². The Kier molecular flexibility index (Phi) is 6.45. The largest absolute Gasteiger partial charge is 0.351 e. The van der Waals surface area contributed by atoms with Crippen LogP contribution in [0.15, 0.2) is 24.3 Å². The molecule has 2 aliphatic rings. The van der Waals surface area contributed by atoms with Crippen molar-refractivity contribution in [3.05, 3.63) is 29.8 Å². The average Bonchev–Trinajstić information content (AvgIpc) is 2.97. The molecule has 1 aromatic carbocycles. The second kappa shape index (κ2) is 8.35. The fourth-order valence-electron chi connectivity index (χ4n) is 3.68. The van der Waals surface area contributed by atoms with Crippen LogP contribution in [0.5, 0.6) is 0 Å². The molecule has 1 aromatic rings. The minimum atomic E-state index is -0.583. The van der Waals surface area contributed by atoms with Gasteiger partial charge in [-0.1, -0.05) is 25.0 Å². The maximum absolute atomic E-state index is 12.3. The predicted octanol–water partition coefficient (Wildman–Crippen LogP) is 2.14. The molecule has 6 nitrogen and oxygen atoms in total. The van der Waals surface area contributed by atoms with E-state index in [2.05, 4.69) is 16.0 Å². The first-order valence-corrected chi connectivity index (χ1v) is 8.31. The molecule has 132 valence electrons. The fourth-order valence-corrected chi connectivity index (χ4v) is 3.68. The first-order chi connectivity index (χ1) is 11.1. The minimum absolute atomic E-state index is 0. The molecule has 0 bridgehead atoms. The van der Waals surface area contributed by atoms with E-state index in [9.17, 15) is 9.59 Å². The van der Waals surface area contributed by atoms with Gasteiger partial charge >= 0.3 is 6.03 Å². The lowest BCUT2D eigenvalue weighted by atomic mass is 9.85. The molecule has 0 radical (unpaired) electrons. The molecule has 0 aromatic heterocycles. The number of benzene rings is 1. The zero-order valence-electron chi connectivity index (χ0n) is 13.6. The van der Waals surface area contributed by atoms with Crippen LogP contribution in [0.25, 0.3) is 0 Å². The number of primary amides is 1. The number of urea groups is 1. The zero-order chi connectivity index (χ0) is 16.2. The quantitative estimate of drug-likeness (QED) is 0.668. The van der Waals surface area contributed by atoms with Crippen molar-refractivity contribution in [1.29, 1.82) is 0 Å². The third-order valence-electron chi connectivity index (χ3n) is 4.87. The Bertz CT molecular complexity index is 564. The second-order valence-electron chi connectivity index (χ2n) is 6.51. The third-order valence-corrected chi connectivity index (χ3v) is 4.87. The first-order valence-electron chi connectivity index (χ1n) is 8.31.